The van der Waals surface area contributed by atoms with Crippen molar-refractivity contribution in [3.63, 3.8) is 0 Å². The molecule has 0 heterocycles. The molecule has 0 aliphatic carbocycles. The highest BCUT2D eigenvalue weighted by atomic mass is 79.9. The van der Waals surface area contributed by atoms with Crippen molar-refractivity contribution >= 4 is 319 Å². The summed E-state index contributed by atoms with van der Waals surface area (Å²) in [6, 6.07) is 13.5. The Morgan fingerprint density at radius 2 is 0.563 bits per heavy atom. The maximum absolute atomic E-state index is 10.1. The zero-order chi connectivity index (χ0) is 107. The Balaban J connectivity index is 0.000000243. The van der Waals surface area contributed by atoms with Gasteiger partial charge in [-0.2, -0.15) is 0 Å². The predicted molar refractivity (Wildman–Crippen MR) is 615 cm³/mol. The highest BCUT2D eigenvalue weighted by Gasteiger charge is 2.32. The first kappa shape index (κ1) is 126. The van der Waals surface area contributed by atoms with Crippen molar-refractivity contribution in [3.05, 3.63) is 238 Å². The molecule has 0 atom stereocenters. The van der Waals surface area contributed by atoms with Crippen LogP contribution in [0.3, 0.4) is 0 Å². The fraction of sp³-hybridized carbons (Fsp3) is 0.312. The number of unbranched alkanes of at least 4 members (excludes halogenated alkanes) is 1. The highest BCUT2D eigenvalue weighted by Crippen LogP contribution is 2.56. The molecule has 26 nitrogen and oxygen atoms in total. The van der Waals surface area contributed by atoms with Crippen molar-refractivity contribution < 1.29 is 130 Å². The third-order valence-corrected chi connectivity index (χ3v) is 40.5. The SMILES string of the molecule is CC(C)COCc1cc(O)c(O)c(Br)c1Cc1c(Br)c(O)c(O)c(Br)c1Br.CC(C)OCc1cc(O)c(O)c(Br)c1Cc1c(Br)c(O)c(O)c(Br)c1Br.CCCCOCc1cc(O)c(O)c(Br)c1Cc1c(Br)c(O)c(O)c(Br)c1Br.CCCOCc1cc(O)c(O)c(Br)c1Cc1c(Br)c(O)c(O)c(Br)c1Br.COc1cc(Cc2cc(CO)c(OC)c(Br)c2Cc2cc(OC)c(OC)c(Br)c2Br)c(Br)cc1CO. The van der Waals surface area contributed by atoms with E-state index in [2.05, 4.69) is 326 Å². The van der Waals surface area contributed by atoms with E-state index < -0.39 is 0 Å². The van der Waals surface area contributed by atoms with Gasteiger partial charge in [0.15, 0.2) is 103 Å². The molecule has 11 rings (SSSR count). The van der Waals surface area contributed by atoms with Gasteiger partial charge in [-0.05, 0) is 479 Å². The second-order valence-corrected chi connectivity index (χ2v) is 47.5. The normalized spacial score (nSPS) is 11.2. The average Bonchev–Trinajstić information content (AvgIpc) is 0.790. The molecular weight excluding hydrogens is 3170 g/mol. The lowest BCUT2D eigenvalue weighted by molar-refractivity contribution is 0.0651. The molecule has 18 N–H and O–H groups in total. The molecule has 0 spiro atoms. The number of ether oxygens (including phenoxy) is 8. The van der Waals surface area contributed by atoms with Gasteiger partial charge in [0, 0.05) is 89.9 Å². The Hall–Kier alpha value is -3.22. The van der Waals surface area contributed by atoms with Gasteiger partial charge in [0.2, 0.25) is 0 Å². The van der Waals surface area contributed by atoms with E-state index in [1.807, 2.05) is 58.9 Å². The van der Waals surface area contributed by atoms with E-state index in [1.54, 1.807) is 28.4 Å². The van der Waals surface area contributed by atoms with Crippen molar-refractivity contribution in [2.45, 2.75) is 145 Å². The second-order valence-electron chi connectivity index (χ2n) is 31.5. The zero-order valence-corrected chi connectivity index (χ0v) is 108. The third kappa shape index (κ3) is 30.7. The van der Waals surface area contributed by atoms with Crippen LogP contribution in [0, 0.1) is 5.92 Å². The van der Waals surface area contributed by atoms with E-state index in [0.717, 1.165) is 59.4 Å². The monoisotopic (exact) mass is 3240 g/mol. The fourth-order valence-corrected chi connectivity index (χ4v) is 25.4. The van der Waals surface area contributed by atoms with Crippen LogP contribution >= 0.6 is 319 Å². The molecule has 0 fully saturated rings. The molecule has 11 aromatic rings. The van der Waals surface area contributed by atoms with Crippen molar-refractivity contribution in [2.24, 2.45) is 5.92 Å². The maximum atomic E-state index is 10.1. The fourth-order valence-electron chi connectivity index (χ4n) is 13.7. The summed E-state index contributed by atoms with van der Waals surface area (Å²) in [6.07, 6.45) is 4.98. The summed E-state index contributed by atoms with van der Waals surface area (Å²) in [7, 11) is 6.36. The predicted octanol–water partition coefficient (Wildman–Crippen LogP) is 31.9. The van der Waals surface area contributed by atoms with Crippen LogP contribution < -0.4 is 18.9 Å². The Bertz CT molecular complexity index is 6310. The molecule has 0 saturated carbocycles. The van der Waals surface area contributed by atoms with Gasteiger partial charge in [-0.1, -0.05) is 50.0 Å². The van der Waals surface area contributed by atoms with Crippen molar-refractivity contribution in [1.29, 1.82) is 0 Å². The maximum Gasteiger partial charge on any atom is 0.176 e. The summed E-state index contributed by atoms with van der Waals surface area (Å²) in [5.74, 6) is -1.65. The molecule has 0 aliphatic heterocycles. The third-order valence-electron chi connectivity index (χ3n) is 21.2. The van der Waals surface area contributed by atoms with Gasteiger partial charge in [-0.15, -0.1) is 0 Å². The van der Waals surface area contributed by atoms with Crippen LogP contribution in [0.4, 0.5) is 0 Å². The molecule has 46 heteroatoms. The average molecular weight is 3260 g/mol. The van der Waals surface area contributed by atoms with Crippen LogP contribution in [-0.4, -0.2) is 146 Å². The number of aliphatic hydroxyl groups excluding tert-OH is 2. The van der Waals surface area contributed by atoms with E-state index in [-0.39, 0.29) is 163 Å². The molecule has 774 valence electrons. The van der Waals surface area contributed by atoms with Crippen molar-refractivity contribution in [2.75, 3.05) is 48.3 Å². The van der Waals surface area contributed by atoms with Crippen LogP contribution in [0.2, 0.25) is 0 Å². The molecule has 0 saturated heterocycles. The molecule has 0 amide bonds. The van der Waals surface area contributed by atoms with Gasteiger partial charge in [0.25, 0.3) is 0 Å². The van der Waals surface area contributed by atoms with Crippen LogP contribution in [-0.2, 0) is 97.1 Å². The first-order valence-corrected chi connectivity index (χ1v) is 57.7. The molecular formula is C96H94Br20O26. The minimum atomic E-state index is -0.297. The summed E-state index contributed by atoms with van der Waals surface area (Å²) in [4.78, 5) is 0. The quantitative estimate of drug-likeness (QED) is 0.0101. The molecule has 142 heavy (non-hydrogen) atoms. The number of hydrogen-bond acceptors (Lipinski definition) is 26. The van der Waals surface area contributed by atoms with Crippen LogP contribution in [0.1, 0.15) is 161 Å². The topological polar surface area (TPSA) is 438 Å². The van der Waals surface area contributed by atoms with E-state index in [0.29, 0.717) is 211 Å². The Morgan fingerprint density at radius 1 is 0.246 bits per heavy atom. The van der Waals surface area contributed by atoms with Gasteiger partial charge in [-0.3, -0.25) is 0 Å². The lowest BCUT2D eigenvalue weighted by Crippen LogP contribution is -2.06. The largest absolute Gasteiger partial charge is 0.504 e. The summed E-state index contributed by atoms with van der Waals surface area (Å²) in [6.45, 7) is 14.4. The summed E-state index contributed by atoms with van der Waals surface area (Å²) in [5, 5.41) is 180. The first-order chi connectivity index (χ1) is 66.7. The van der Waals surface area contributed by atoms with Gasteiger partial charge >= 0.3 is 0 Å². The number of halogens is 20. The van der Waals surface area contributed by atoms with Gasteiger partial charge in [-0.25, -0.2) is 0 Å². The first-order valence-electron chi connectivity index (χ1n) is 41.8. The van der Waals surface area contributed by atoms with E-state index in [9.17, 15) is 91.9 Å². The highest BCUT2D eigenvalue weighted by molar-refractivity contribution is 9.15. The number of methoxy groups -OCH3 is 4. The smallest absolute Gasteiger partial charge is 0.176 e. The molecule has 0 aromatic heterocycles. The van der Waals surface area contributed by atoms with Gasteiger partial charge in [0.05, 0.1) is 137 Å². The minimum Gasteiger partial charge on any atom is -0.504 e. The van der Waals surface area contributed by atoms with Crippen LogP contribution in [0.5, 0.6) is 115 Å². The lowest BCUT2D eigenvalue weighted by Gasteiger charge is -2.21. The van der Waals surface area contributed by atoms with Crippen LogP contribution in [0.15, 0.2) is 138 Å². The van der Waals surface area contributed by atoms with Crippen molar-refractivity contribution in [1.82, 2.24) is 0 Å². The van der Waals surface area contributed by atoms with E-state index in [4.69, 9.17) is 37.9 Å². The summed E-state index contributed by atoms with van der Waals surface area (Å²) in [5.41, 5.74) is 13.4. The van der Waals surface area contributed by atoms with Gasteiger partial charge in [0.1, 0.15) is 11.5 Å². The second kappa shape index (κ2) is 58.0. The molecule has 0 unspecified atom stereocenters. The number of aromatic hydroxyl groups is 16. The minimum absolute atomic E-state index is 0.0112. The Labute approximate surface area is 988 Å². The number of phenols is 16. The molecule has 0 bridgehead atoms. The summed E-state index contributed by atoms with van der Waals surface area (Å²) >= 11 is 67.9. The number of benzene rings is 11. The Morgan fingerprint density at radius 3 is 0.880 bits per heavy atom. The van der Waals surface area contributed by atoms with Crippen LogP contribution in [0.25, 0.3) is 0 Å². The van der Waals surface area contributed by atoms with Gasteiger partial charge < -0.3 is 130 Å². The zero-order valence-electron chi connectivity index (χ0n) is 76.4. The van der Waals surface area contributed by atoms with E-state index >= 15 is 0 Å². The van der Waals surface area contributed by atoms with E-state index in [1.165, 1.54) is 24.3 Å². The number of aliphatic hydroxyl groups is 2. The number of rotatable bonds is 34. The standard InChI is InChI=1S/C26H26Br4O6.2C18H18Br4O5.2C17H16Br4O5/c1-33-20-9-14(19(27)8-16(20)11-31)5-13-6-17(12-32)25(35-3)23(29)18(13)7-15-10-21(34-2)26(36-4)24(30)22(15)28;1-7(2)5-27-6-8-3-11(23)16(24)13(20)9(8)4-10-12(19)15(22)18(26)17(25)14(10)21;1-2-3-4-27-7-8-5-11(23)16(24)13(20)9(8)6-10-12(19)15(22)18(26)17(25)14(10)21;1-6(2)26-5-7-3-10(22)15(23)12(19)8(7)4-9-11(18)14(21)17(25)16(24)13(9)20;1-2-3-26-6-7-4-10(22)15(23)12(19)8(7)5-9-11(18)14(21)17(25)16(24)13(9)20/h6,8-10,31-32H,5,7,11-12H2,1-4H3;3,7,23-26H,4-6H2,1-2H3;5,23-26H,2-4,6-7H2,1H3;3,6,22-25H,4-5H2,1-2H3;4,22-25H,2-3,5-6H2,1H3. The molecule has 0 aliphatic rings. The lowest BCUT2D eigenvalue weighted by atomic mass is 9.92. The summed E-state index contributed by atoms with van der Waals surface area (Å²) < 4.78 is 54.2. The molecule has 0 radical (unpaired) electrons. The molecule has 11 aromatic carbocycles. The number of hydrogen-bond donors (Lipinski definition) is 18. The number of phenolic OH excluding ortho intramolecular Hbond substituents is 16. The Kier molecular flexibility index (Phi) is 51.4. The van der Waals surface area contributed by atoms with Crippen molar-refractivity contribution in [3.8, 4) is 115 Å².